The first-order chi connectivity index (χ1) is 13.7. The van der Waals surface area contributed by atoms with E-state index < -0.39 is 0 Å². The van der Waals surface area contributed by atoms with Gasteiger partial charge in [-0.1, -0.05) is 18.2 Å². The molecule has 1 amide bonds. The van der Waals surface area contributed by atoms with Gasteiger partial charge in [-0.15, -0.1) is 0 Å². The number of piperazine rings is 1. The van der Waals surface area contributed by atoms with Crippen molar-refractivity contribution in [3.05, 3.63) is 30.3 Å². The monoisotopic (exact) mass is 388 g/mol. The average Bonchev–Trinajstić information content (AvgIpc) is 2.99. The van der Waals surface area contributed by atoms with Crippen molar-refractivity contribution in [1.82, 2.24) is 14.7 Å². The Kier molecular flexibility index (Phi) is 8.13. The average molecular weight is 389 g/mol. The minimum Gasteiger partial charge on any atom is -0.385 e. The van der Waals surface area contributed by atoms with Crippen molar-refractivity contribution in [2.24, 2.45) is 0 Å². The normalized spacial score (nSPS) is 20.8. The van der Waals surface area contributed by atoms with Gasteiger partial charge in [0.1, 0.15) is 0 Å². The Morgan fingerprint density at radius 1 is 1.00 bits per heavy atom. The van der Waals surface area contributed by atoms with Crippen LogP contribution in [0.2, 0.25) is 0 Å². The van der Waals surface area contributed by atoms with E-state index in [4.69, 9.17) is 4.74 Å². The number of carbonyl (C=O) groups excluding carboxylic acids is 1. The van der Waals surface area contributed by atoms with E-state index in [-0.39, 0.29) is 6.04 Å². The Labute approximate surface area is 170 Å². The summed E-state index contributed by atoms with van der Waals surface area (Å²) in [5, 5.41) is 0. The Bertz CT molecular complexity index is 589. The van der Waals surface area contributed by atoms with Crippen LogP contribution in [0.1, 0.15) is 19.8 Å². The fourth-order valence-corrected chi connectivity index (χ4v) is 4.28. The van der Waals surface area contributed by atoms with Crippen LogP contribution in [-0.2, 0) is 9.53 Å². The number of methoxy groups -OCH3 is 1. The van der Waals surface area contributed by atoms with Crippen LogP contribution in [-0.4, -0.2) is 99.3 Å². The van der Waals surface area contributed by atoms with Crippen LogP contribution in [0.5, 0.6) is 0 Å². The maximum absolute atomic E-state index is 13.1. The van der Waals surface area contributed by atoms with Crippen molar-refractivity contribution >= 4 is 11.6 Å². The topological polar surface area (TPSA) is 39.3 Å². The van der Waals surface area contributed by atoms with Gasteiger partial charge in [0.25, 0.3) is 0 Å². The zero-order valence-electron chi connectivity index (χ0n) is 17.6. The summed E-state index contributed by atoms with van der Waals surface area (Å²) in [5.74, 6) is 0.292. The number of amides is 1. The lowest BCUT2D eigenvalue weighted by atomic mass is 10.2. The van der Waals surface area contributed by atoms with Gasteiger partial charge in [0.2, 0.25) is 5.91 Å². The first-order valence-electron chi connectivity index (χ1n) is 10.7. The summed E-state index contributed by atoms with van der Waals surface area (Å²) in [4.78, 5) is 22.4. The molecular weight excluding hydrogens is 352 g/mol. The van der Waals surface area contributed by atoms with Gasteiger partial charge in [0, 0.05) is 71.8 Å². The number of para-hydroxylation sites is 1. The Hall–Kier alpha value is -1.63. The number of carbonyl (C=O) groups is 1. The molecule has 1 atom stereocenters. The molecule has 2 heterocycles. The molecule has 2 fully saturated rings. The quantitative estimate of drug-likeness (QED) is 0.666. The third-order valence-electron chi connectivity index (χ3n) is 6.06. The van der Waals surface area contributed by atoms with E-state index in [1.807, 2.05) is 6.07 Å². The molecule has 0 bridgehead atoms. The Morgan fingerprint density at radius 2 is 1.75 bits per heavy atom. The lowest BCUT2D eigenvalue weighted by Crippen LogP contribution is -2.54. The number of hydrogen-bond donors (Lipinski definition) is 0. The highest BCUT2D eigenvalue weighted by molar-refractivity contribution is 5.81. The van der Waals surface area contributed by atoms with Gasteiger partial charge in [-0.05, 0) is 38.4 Å². The minimum absolute atomic E-state index is 0.0257. The number of benzene rings is 1. The second kappa shape index (κ2) is 10.8. The van der Waals surface area contributed by atoms with Crippen LogP contribution in [0.3, 0.4) is 0 Å². The first-order valence-corrected chi connectivity index (χ1v) is 10.7. The molecule has 0 aromatic heterocycles. The molecule has 156 valence electrons. The molecule has 3 rings (SSSR count). The lowest BCUT2D eigenvalue weighted by molar-refractivity contribution is -0.136. The predicted octanol–water partition coefficient (Wildman–Crippen LogP) is 1.77. The van der Waals surface area contributed by atoms with E-state index in [9.17, 15) is 4.79 Å². The fourth-order valence-electron chi connectivity index (χ4n) is 4.28. The molecule has 0 saturated carbocycles. The number of hydrogen-bond acceptors (Lipinski definition) is 5. The molecule has 0 spiro atoms. The molecule has 2 aliphatic heterocycles. The van der Waals surface area contributed by atoms with Crippen molar-refractivity contribution in [3.8, 4) is 0 Å². The predicted molar refractivity (Wildman–Crippen MR) is 114 cm³/mol. The molecule has 6 nitrogen and oxygen atoms in total. The second-order valence-corrected chi connectivity index (χ2v) is 7.90. The van der Waals surface area contributed by atoms with Crippen LogP contribution in [0.15, 0.2) is 30.3 Å². The number of rotatable bonds is 7. The smallest absolute Gasteiger partial charge is 0.239 e. The van der Waals surface area contributed by atoms with E-state index >= 15 is 0 Å². The molecule has 28 heavy (non-hydrogen) atoms. The second-order valence-electron chi connectivity index (χ2n) is 7.90. The zero-order chi connectivity index (χ0) is 19.8. The van der Waals surface area contributed by atoms with Crippen LogP contribution in [0, 0.1) is 0 Å². The third-order valence-corrected chi connectivity index (χ3v) is 6.06. The summed E-state index contributed by atoms with van der Waals surface area (Å²) in [6, 6.07) is 10.5. The van der Waals surface area contributed by atoms with Gasteiger partial charge in [-0.25, -0.2) is 0 Å². The highest BCUT2D eigenvalue weighted by atomic mass is 16.5. The van der Waals surface area contributed by atoms with E-state index in [1.165, 1.54) is 5.69 Å². The molecule has 0 N–H and O–H groups in total. The van der Waals surface area contributed by atoms with E-state index in [0.717, 1.165) is 78.4 Å². The number of ether oxygens (including phenoxy) is 1. The van der Waals surface area contributed by atoms with Gasteiger partial charge < -0.3 is 19.4 Å². The van der Waals surface area contributed by atoms with Crippen molar-refractivity contribution in [3.63, 3.8) is 0 Å². The SMILES string of the molecule is COCCCN1CCCN([C@@H](C)C(=O)N2CCN(c3ccccc3)CC2)CC1. The maximum atomic E-state index is 13.1. The van der Waals surface area contributed by atoms with Crippen molar-refractivity contribution in [2.75, 3.05) is 77.5 Å². The van der Waals surface area contributed by atoms with Gasteiger partial charge in [-0.2, -0.15) is 0 Å². The number of nitrogens with zero attached hydrogens (tertiary/aromatic N) is 4. The minimum atomic E-state index is -0.0257. The van der Waals surface area contributed by atoms with Crippen molar-refractivity contribution < 1.29 is 9.53 Å². The molecule has 1 aromatic carbocycles. The number of anilines is 1. The highest BCUT2D eigenvalue weighted by Crippen LogP contribution is 2.17. The molecule has 0 unspecified atom stereocenters. The van der Waals surface area contributed by atoms with Crippen LogP contribution >= 0.6 is 0 Å². The van der Waals surface area contributed by atoms with Crippen LogP contribution in [0.4, 0.5) is 5.69 Å². The van der Waals surface area contributed by atoms with Crippen molar-refractivity contribution in [2.45, 2.75) is 25.8 Å². The van der Waals surface area contributed by atoms with Gasteiger partial charge in [0.15, 0.2) is 0 Å². The largest absolute Gasteiger partial charge is 0.385 e. The van der Waals surface area contributed by atoms with Crippen LogP contribution < -0.4 is 4.90 Å². The molecule has 2 saturated heterocycles. The summed E-state index contributed by atoms with van der Waals surface area (Å²) in [5.41, 5.74) is 1.25. The Morgan fingerprint density at radius 3 is 2.46 bits per heavy atom. The zero-order valence-corrected chi connectivity index (χ0v) is 17.6. The third kappa shape index (κ3) is 5.69. The fraction of sp³-hybridized carbons (Fsp3) is 0.682. The molecular formula is C22H36N4O2. The summed E-state index contributed by atoms with van der Waals surface area (Å²) in [6.45, 7) is 11.6. The van der Waals surface area contributed by atoms with E-state index in [1.54, 1.807) is 7.11 Å². The van der Waals surface area contributed by atoms with E-state index in [0.29, 0.717) is 5.91 Å². The van der Waals surface area contributed by atoms with Gasteiger partial charge in [0.05, 0.1) is 6.04 Å². The molecule has 1 aromatic rings. The van der Waals surface area contributed by atoms with E-state index in [2.05, 4.69) is 50.8 Å². The summed E-state index contributed by atoms with van der Waals surface area (Å²) < 4.78 is 5.17. The Balaban J connectivity index is 1.45. The molecule has 0 radical (unpaired) electrons. The molecule has 2 aliphatic rings. The maximum Gasteiger partial charge on any atom is 0.239 e. The highest BCUT2D eigenvalue weighted by Gasteiger charge is 2.29. The van der Waals surface area contributed by atoms with Gasteiger partial charge in [-0.3, -0.25) is 9.69 Å². The summed E-state index contributed by atoms with van der Waals surface area (Å²) in [7, 11) is 1.76. The van der Waals surface area contributed by atoms with Crippen molar-refractivity contribution in [1.29, 1.82) is 0 Å². The molecule has 6 heteroatoms. The summed E-state index contributed by atoms with van der Waals surface area (Å²) in [6.07, 6.45) is 2.21. The standard InChI is InChI=1S/C22H36N4O2/c1-20(24-12-6-10-23(13-14-24)11-7-19-28-2)22(27)26-17-15-25(16-18-26)21-8-4-3-5-9-21/h3-5,8-9,20H,6-7,10-19H2,1-2H3/t20-/m0/s1. The summed E-state index contributed by atoms with van der Waals surface area (Å²) >= 11 is 0. The van der Waals surface area contributed by atoms with Gasteiger partial charge >= 0.3 is 0 Å². The van der Waals surface area contributed by atoms with Crippen LogP contribution in [0.25, 0.3) is 0 Å². The lowest BCUT2D eigenvalue weighted by Gasteiger charge is -2.39. The first kappa shape index (κ1) is 21.1. The molecule has 0 aliphatic carbocycles.